The number of hydrogen-bond donors (Lipinski definition) is 2. The molecule has 0 saturated carbocycles. The molecule has 0 radical (unpaired) electrons. The number of carbonyl (C=O) groups is 1. The highest BCUT2D eigenvalue weighted by molar-refractivity contribution is 8.93. The van der Waals surface area contributed by atoms with E-state index in [1.165, 1.54) is 29.8 Å². The van der Waals surface area contributed by atoms with Crippen molar-refractivity contribution in [3.63, 3.8) is 0 Å². The lowest BCUT2D eigenvalue weighted by Gasteiger charge is -2.02. The first-order valence-electron chi connectivity index (χ1n) is 6.89. The molecule has 2 N–H and O–H groups in total. The maximum absolute atomic E-state index is 11.7. The van der Waals surface area contributed by atoms with Crippen molar-refractivity contribution in [2.24, 2.45) is 0 Å². The van der Waals surface area contributed by atoms with Crippen LogP contribution in [0.25, 0.3) is 11.3 Å². The van der Waals surface area contributed by atoms with E-state index in [9.17, 15) is 9.90 Å². The maximum Gasteiger partial charge on any atom is 0.348 e. The molecule has 3 rings (SSSR count). The number of phenols is 1. The molecule has 9 heteroatoms. The number of benzene rings is 1. The maximum atomic E-state index is 11.7. The Morgan fingerprint density at radius 2 is 2.16 bits per heavy atom. The average molecular weight is 459 g/mol. The standard InChI is InChI=1S/C16H14N2O3S3.BrH/c1-21-14(20)13-7-11(15(22-2)24-13)12-8-23-16(18-12)17-9-4-3-5-10(19)6-9;/h3-8,19H,1-2H3,(H,17,18);1H. The van der Waals surface area contributed by atoms with E-state index in [1.54, 1.807) is 30.0 Å². The molecule has 0 unspecified atom stereocenters. The van der Waals surface area contributed by atoms with Crippen molar-refractivity contribution in [3.05, 3.63) is 40.6 Å². The number of carbonyl (C=O) groups excluding carboxylic acids is 1. The Kier molecular flexibility index (Phi) is 6.88. The van der Waals surface area contributed by atoms with Crippen LogP contribution in [-0.2, 0) is 4.74 Å². The van der Waals surface area contributed by atoms with Gasteiger partial charge in [0.25, 0.3) is 0 Å². The Balaban J connectivity index is 0.00000225. The van der Waals surface area contributed by atoms with Crippen LogP contribution in [0.5, 0.6) is 5.75 Å². The van der Waals surface area contributed by atoms with Crippen LogP contribution in [0.4, 0.5) is 10.8 Å². The fourth-order valence-electron chi connectivity index (χ4n) is 2.07. The van der Waals surface area contributed by atoms with Gasteiger partial charge in [0.15, 0.2) is 5.13 Å². The predicted molar refractivity (Wildman–Crippen MR) is 110 cm³/mol. The van der Waals surface area contributed by atoms with Crippen molar-refractivity contribution in [2.45, 2.75) is 4.21 Å². The highest BCUT2D eigenvalue weighted by atomic mass is 79.9. The van der Waals surface area contributed by atoms with Crippen LogP contribution in [0, 0.1) is 0 Å². The van der Waals surface area contributed by atoms with E-state index in [0.29, 0.717) is 10.0 Å². The molecule has 0 spiro atoms. The predicted octanol–water partition coefficient (Wildman–Crippen LogP) is 5.41. The summed E-state index contributed by atoms with van der Waals surface area (Å²) in [6, 6.07) is 8.68. The minimum Gasteiger partial charge on any atom is -0.508 e. The van der Waals surface area contributed by atoms with Gasteiger partial charge in [0.05, 0.1) is 17.0 Å². The van der Waals surface area contributed by atoms with E-state index in [-0.39, 0.29) is 28.7 Å². The third-order valence-electron chi connectivity index (χ3n) is 3.15. The monoisotopic (exact) mass is 458 g/mol. The SMILES string of the molecule is Br.COC(=O)c1cc(-c2csc(Nc3cccc(O)c3)n2)c(SC)s1. The van der Waals surface area contributed by atoms with E-state index < -0.39 is 0 Å². The average Bonchev–Trinajstić information content (AvgIpc) is 3.20. The molecule has 1 aromatic carbocycles. The fourth-order valence-corrected chi connectivity index (χ4v) is 4.60. The summed E-state index contributed by atoms with van der Waals surface area (Å²) in [6.07, 6.45) is 1.97. The molecule has 0 aliphatic rings. The third kappa shape index (κ3) is 4.55. The molecule has 132 valence electrons. The number of phenolic OH excluding ortho intramolecular Hbond substituents is 1. The molecule has 0 amide bonds. The molecule has 0 aliphatic heterocycles. The van der Waals surface area contributed by atoms with Gasteiger partial charge in [-0.1, -0.05) is 6.07 Å². The molecule has 0 atom stereocenters. The Labute approximate surface area is 167 Å². The van der Waals surface area contributed by atoms with Crippen molar-refractivity contribution in [1.82, 2.24) is 4.98 Å². The number of aromatic nitrogens is 1. The summed E-state index contributed by atoms with van der Waals surface area (Å²) in [4.78, 5) is 16.9. The van der Waals surface area contributed by atoms with Gasteiger partial charge in [0.1, 0.15) is 10.6 Å². The number of aromatic hydroxyl groups is 1. The number of rotatable bonds is 5. The second-order valence-electron chi connectivity index (χ2n) is 4.72. The Bertz CT molecular complexity index is 879. The Hall–Kier alpha value is -1.55. The molecule has 2 heterocycles. The van der Waals surface area contributed by atoms with Crippen LogP contribution in [-0.4, -0.2) is 29.4 Å². The van der Waals surface area contributed by atoms with Gasteiger partial charge in [-0.2, -0.15) is 0 Å². The van der Waals surface area contributed by atoms with Crippen LogP contribution < -0.4 is 5.32 Å². The van der Waals surface area contributed by atoms with Crippen LogP contribution in [0.2, 0.25) is 0 Å². The number of thioether (sulfide) groups is 1. The fraction of sp³-hybridized carbons (Fsp3) is 0.125. The molecule has 0 aliphatic carbocycles. The molecular formula is C16H15BrN2O3S3. The number of ether oxygens (including phenoxy) is 1. The lowest BCUT2D eigenvalue weighted by molar-refractivity contribution is 0.0606. The summed E-state index contributed by atoms with van der Waals surface area (Å²) in [5, 5.41) is 15.3. The van der Waals surface area contributed by atoms with Crippen LogP contribution >= 0.6 is 51.4 Å². The highest BCUT2D eigenvalue weighted by Gasteiger charge is 2.18. The van der Waals surface area contributed by atoms with Gasteiger partial charge in [0, 0.05) is 22.7 Å². The van der Waals surface area contributed by atoms with Gasteiger partial charge >= 0.3 is 5.97 Å². The third-order valence-corrected chi connectivity index (χ3v) is 6.16. The van der Waals surface area contributed by atoms with Gasteiger partial charge in [0.2, 0.25) is 0 Å². The normalized spacial score (nSPS) is 10.2. The summed E-state index contributed by atoms with van der Waals surface area (Å²) < 4.78 is 5.81. The zero-order chi connectivity index (χ0) is 17.1. The number of esters is 1. The van der Waals surface area contributed by atoms with Gasteiger partial charge in [-0.05, 0) is 24.5 Å². The van der Waals surface area contributed by atoms with Crippen LogP contribution in [0.3, 0.4) is 0 Å². The molecule has 25 heavy (non-hydrogen) atoms. The summed E-state index contributed by atoms with van der Waals surface area (Å²) in [7, 11) is 1.38. The lowest BCUT2D eigenvalue weighted by atomic mass is 10.2. The van der Waals surface area contributed by atoms with Crippen LogP contribution in [0.1, 0.15) is 9.67 Å². The van der Waals surface area contributed by atoms with E-state index in [2.05, 4.69) is 10.3 Å². The highest BCUT2D eigenvalue weighted by Crippen LogP contribution is 2.39. The van der Waals surface area contributed by atoms with E-state index in [0.717, 1.165) is 21.2 Å². The molecular weight excluding hydrogens is 444 g/mol. The summed E-state index contributed by atoms with van der Waals surface area (Å²) in [5.41, 5.74) is 2.49. The molecule has 0 bridgehead atoms. The smallest absolute Gasteiger partial charge is 0.348 e. The first kappa shape index (κ1) is 19.8. The van der Waals surface area contributed by atoms with Crippen molar-refractivity contribution in [3.8, 4) is 17.0 Å². The molecule has 0 fully saturated rings. The van der Waals surface area contributed by atoms with Crippen molar-refractivity contribution < 1.29 is 14.6 Å². The molecule has 0 saturated heterocycles. The quantitative estimate of drug-likeness (QED) is 0.393. The number of nitrogens with zero attached hydrogens (tertiary/aromatic N) is 1. The number of thiazole rings is 1. The van der Waals surface area contributed by atoms with Crippen LogP contribution in [0.15, 0.2) is 39.9 Å². The van der Waals surface area contributed by atoms with Crippen molar-refractivity contribution >= 4 is 68.2 Å². The first-order chi connectivity index (χ1) is 11.6. The van der Waals surface area contributed by atoms with Gasteiger partial charge < -0.3 is 15.2 Å². The number of anilines is 2. The van der Waals surface area contributed by atoms with Gasteiger partial charge in [-0.25, -0.2) is 9.78 Å². The Morgan fingerprint density at radius 1 is 1.36 bits per heavy atom. The number of halogens is 1. The number of nitrogens with one attached hydrogen (secondary N) is 1. The van der Waals surface area contributed by atoms with E-state index in [4.69, 9.17) is 4.74 Å². The topological polar surface area (TPSA) is 71.5 Å². The largest absolute Gasteiger partial charge is 0.508 e. The molecule has 3 aromatic rings. The number of thiophene rings is 1. The zero-order valence-electron chi connectivity index (χ0n) is 13.3. The van der Waals surface area contributed by atoms with Crippen molar-refractivity contribution in [1.29, 1.82) is 0 Å². The Morgan fingerprint density at radius 3 is 2.84 bits per heavy atom. The first-order valence-corrected chi connectivity index (χ1v) is 9.81. The minimum absolute atomic E-state index is 0. The summed E-state index contributed by atoms with van der Waals surface area (Å²) in [5.74, 6) is -0.142. The van der Waals surface area contributed by atoms with Gasteiger partial charge in [-0.15, -0.1) is 51.4 Å². The second kappa shape index (κ2) is 8.70. The van der Waals surface area contributed by atoms with E-state index in [1.807, 2.05) is 23.8 Å². The molecule has 2 aromatic heterocycles. The lowest BCUT2D eigenvalue weighted by Crippen LogP contribution is -1.96. The summed E-state index contributed by atoms with van der Waals surface area (Å²) >= 11 is 4.44. The summed E-state index contributed by atoms with van der Waals surface area (Å²) in [6.45, 7) is 0. The van der Waals surface area contributed by atoms with Gasteiger partial charge in [-0.3, -0.25) is 0 Å². The van der Waals surface area contributed by atoms with Crippen molar-refractivity contribution in [2.75, 3.05) is 18.7 Å². The number of hydrogen-bond acceptors (Lipinski definition) is 8. The second-order valence-corrected chi connectivity index (χ2v) is 7.71. The number of methoxy groups -OCH3 is 1. The van der Waals surface area contributed by atoms with E-state index >= 15 is 0 Å². The molecule has 5 nitrogen and oxygen atoms in total. The zero-order valence-corrected chi connectivity index (χ0v) is 17.5. The minimum atomic E-state index is -0.338.